The fourth-order valence-electron chi connectivity index (χ4n) is 0.456. The largest absolute Gasteiger partial charge is 1.00 e. The van der Waals surface area contributed by atoms with Crippen molar-refractivity contribution in [1.82, 2.24) is 4.98 Å². The van der Waals surface area contributed by atoms with Gasteiger partial charge in [0, 0.05) is 6.20 Å². The first-order valence-corrected chi connectivity index (χ1v) is 4.00. The first-order chi connectivity index (χ1) is 6.04. The van der Waals surface area contributed by atoms with Crippen molar-refractivity contribution in [3.63, 3.8) is 0 Å². The Morgan fingerprint density at radius 3 is 2.29 bits per heavy atom. The molecule has 0 spiro atoms. The standard InChI is InChI=1S/C5H3Cl3N2.CH2O2.Na.H/c6-2-1-10-5(8)3(7)4(2)9;2-1-3;;/h1H,(H2,9,10);1H,(H,2,3);;/q;;+1;-1. The van der Waals surface area contributed by atoms with Crippen LogP contribution in [0.2, 0.25) is 15.2 Å². The second-order valence-corrected chi connectivity index (χ2v) is 2.87. The van der Waals surface area contributed by atoms with Gasteiger partial charge in [0.25, 0.3) is 6.47 Å². The predicted molar refractivity (Wildman–Crippen MR) is 53.5 cm³/mol. The van der Waals surface area contributed by atoms with Gasteiger partial charge < -0.3 is 12.3 Å². The minimum atomic E-state index is -0.250. The van der Waals surface area contributed by atoms with Crippen LogP contribution in [0.5, 0.6) is 0 Å². The predicted octanol–water partition coefficient (Wildman–Crippen LogP) is -0.559. The Bertz CT molecular complexity index is 290. The molecule has 0 bridgehead atoms. The SMILES string of the molecule is Nc1c(Cl)cnc(Cl)c1Cl.O=CO.[H-].[Na+]. The molecule has 0 aliphatic rings. The summed E-state index contributed by atoms with van der Waals surface area (Å²) >= 11 is 16.6. The Kier molecular flexibility index (Phi) is 10.2. The average molecular weight is 267 g/mol. The monoisotopic (exact) mass is 266 g/mol. The van der Waals surface area contributed by atoms with Crippen LogP contribution in [0.4, 0.5) is 5.69 Å². The third-order valence-corrected chi connectivity index (χ3v) is 2.03. The van der Waals surface area contributed by atoms with Gasteiger partial charge in [-0.25, -0.2) is 4.98 Å². The van der Waals surface area contributed by atoms with Crippen LogP contribution in [0.25, 0.3) is 0 Å². The maximum Gasteiger partial charge on any atom is 1.00 e. The fraction of sp³-hybridized carbons (Fsp3) is 0. The molecule has 0 fully saturated rings. The molecule has 4 nitrogen and oxygen atoms in total. The molecular weight excluding hydrogens is 261 g/mol. The zero-order chi connectivity index (χ0) is 10.4. The van der Waals surface area contributed by atoms with Crippen LogP contribution in [-0.2, 0) is 4.79 Å². The number of halogens is 3. The molecule has 14 heavy (non-hydrogen) atoms. The molecule has 0 amide bonds. The molecular formula is C6H6Cl3N2NaO2. The van der Waals surface area contributed by atoms with Crippen molar-refractivity contribution < 1.29 is 40.9 Å². The summed E-state index contributed by atoms with van der Waals surface area (Å²) in [6.07, 6.45) is 1.35. The van der Waals surface area contributed by atoms with E-state index in [-0.39, 0.29) is 53.3 Å². The van der Waals surface area contributed by atoms with E-state index in [2.05, 4.69) is 4.98 Å². The summed E-state index contributed by atoms with van der Waals surface area (Å²) in [6.45, 7) is -0.250. The zero-order valence-electron chi connectivity index (χ0n) is 8.17. The number of nitrogen functional groups attached to an aromatic ring is 1. The van der Waals surface area contributed by atoms with Gasteiger partial charge in [0.15, 0.2) is 0 Å². The van der Waals surface area contributed by atoms with Crippen molar-refractivity contribution in [3.8, 4) is 0 Å². The van der Waals surface area contributed by atoms with E-state index < -0.39 is 0 Å². The van der Waals surface area contributed by atoms with Crippen molar-refractivity contribution in [2.24, 2.45) is 0 Å². The molecule has 0 saturated carbocycles. The van der Waals surface area contributed by atoms with Gasteiger partial charge in [0.05, 0.1) is 10.7 Å². The third-order valence-electron chi connectivity index (χ3n) is 0.966. The Hall–Kier alpha value is 0.290. The molecule has 8 heteroatoms. The zero-order valence-corrected chi connectivity index (χ0v) is 11.4. The third kappa shape index (κ3) is 5.24. The van der Waals surface area contributed by atoms with Gasteiger partial charge in [-0.3, -0.25) is 4.79 Å². The van der Waals surface area contributed by atoms with E-state index in [4.69, 9.17) is 50.4 Å². The summed E-state index contributed by atoms with van der Waals surface area (Å²) < 4.78 is 0. The van der Waals surface area contributed by atoms with E-state index in [9.17, 15) is 0 Å². The number of aromatic nitrogens is 1. The smallest absolute Gasteiger partial charge is 1.00 e. The van der Waals surface area contributed by atoms with Crippen molar-refractivity contribution in [2.45, 2.75) is 0 Å². The molecule has 3 N–H and O–H groups in total. The maximum atomic E-state index is 8.36. The van der Waals surface area contributed by atoms with Crippen molar-refractivity contribution in [2.75, 3.05) is 5.73 Å². The first kappa shape index (κ1) is 16.7. The van der Waals surface area contributed by atoms with Gasteiger partial charge in [-0.2, -0.15) is 0 Å². The Labute approximate surface area is 119 Å². The number of nitrogens with zero attached hydrogens (tertiary/aromatic N) is 1. The molecule has 0 atom stereocenters. The van der Waals surface area contributed by atoms with Crippen LogP contribution in [0.3, 0.4) is 0 Å². The second-order valence-electron chi connectivity index (χ2n) is 1.73. The normalized spacial score (nSPS) is 7.93. The molecule has 0 aromatic carbocycles. The molecule has 74 valence electrons. The fourth-order valence-corrected chi connectivity index (χ4v) is 0.948. The van der Waals surface area contributed by atoms with Crippen LogP contribution in [0, 0.1) is 0 Å². The van der Waals surface area contributed by atoms with Crippen LogP contribution in [-0.4, -0.2) is 16.6 Å². The van der Waals surface area contributed by atoms with Crippen molar-refractivity contribution in [3.05, 3.63) is 21.4 Å². The van der Waals surface area contributed by atoms with E-state index in [0.717, 1.165) is 0 Å². The van der Waals surface area contributed by atoms with Gasteiger partial charge in [-0.15, -0.1) is 0 Å². The molecule has 1 rings (SSSR count). The van der Waals surface area contributed by atoms with Crippen LogP contribution >= 0.6 is 34.8 Å². The average Bonchev–Trinajstić information content (AvgIpc) is 2.10. The number of nitrogens with two attached hydrogens (primary N) is 1. The van der Waals surface area contributed by atoms with Crippen LogP contribution < -0.4 is 35.3 Å². The number of pyridine rings is 1. The second kappa shape index (κ2) is 8.59. The summed E-state index contributed by atoms with van der Waals surface area (Å²) in [4.78, 5) is 12.0. The molecule has 1 heterocycles. The molecule has 0 saturated heterocycles. The summed E-state index contributed by atoms with van der Waals surface area (Å²) in [5, 5.41) is 7.58. The number of rotatable bonds is 0. The van der Waals surface area contributed by atoms with Crippen molar-refractivity contribution in [1.29, 1.82) is 0 Å². The molecule has 0 aliphatic heterocycles. The minimum Gasteiger partial charge on any atom is -1.00 e. The topological polar surface area (TPSA) is 76.2 Å². The molecule has 1 aromatic rings. The summed E-state index contributed by atoms with van der Waals surface area (Å²) in [7, 11) is 0. The molecule has 0 unspecified atom stereocenters. The summed E-state index contributed by atoms with van der Waals surface area (Å²) in [5.41, 5.74) is 5.66. The summed E-state index contributed by atoms with van der Waals surface area (Å²) in [5.74, 6) is 0. The van der Waals surface area contributed by atoms with Gasteiger partial charge in [0.1, 0.15) is 10.2 Å². The van der Waals surface area contributed by atoms with Gasteiger partial charge >= 0.3 is 29.6 Å². The van der Waals surface area contributed by atoms with Crippen molar-refractivity contribution >= 4 is 47.0 Å². The van der Waals surface area contributed by atoms with E-state index in [1.807, 2.05) is 0 Å². The molecule has 0 radical (unpaired) electrons. The van der Waals surface area contributed by atoms with E-state index in [1.165, 1.54) is 6.20 Å². The van der Waals surface area contributed by atoms with Crippen LogP contribution in [0.15, 0.2) is 6.20 Å². The van der Waals surface area contributed by atoms with Gasteiger partial charge in [-0.1, -0.05) is 34.8 Å². The molecule has 0 aliphatic carbocycles. The minimum absolute atomic E-state index is 0. The number of hydrogen-bond donors (Lipinski definition) is 2. The Balaban J connectivity index is -0.000000260. The number of carbonyl (C=O) groups is 1. The first-order valence-electron chi connectivity index (χ1n) is 2.87. The Morgan fingerprint density at radius 2 is 1.93 bits per heavy atom. The van der Waals surface area contributed by atoms with Gasteiger partial charge in [-0.05, 0) is 0 Å². The van der Waals surface area contributed by atoms with Crippen LogP contribution in [0.1, 0.15) is 1.43 Å². The quantitative estimate of drug-likeness (QED) is 0.375. The van der Waals surface area contributed by atoms with E-state index in [1.54, 1.807) is 0 Å². The number of carboxylic acid groups (broad SMARTS) is 1. The van der Waals surface area contributed by atoms with E-state index in [0.29, 0.717) is 5.02 Å². The number of hydrogen-bond acceptors (Lipinski definition) is 3. The number of anilines is 1. The summed E-state index contributed by atoms with van der Waals surface area (Å²) in [6, 6.07) is 0. The Morgan fingerprint density at radius 1 is 1.50 bits per heavy atom. The molecule has 1 aromatic heterocycles. The maximum absolute atomic E-state index is 8.36. The van der Waals surface area contributed by atoms with E-state index >= 15 is 0 Å². The van der Waals surface area contributed by atoms with Gasteiger partial charge in [0.2, 0.25) is 0 Å².